The second-order valence-electron chi connectivity index (χ2n) is 3.51. The minimum absolute atomic E-state index is 0.124. The van der Waals surface area contributed by atoms with E-state index in [1.165, 1.54) is 6.92 Å². The first-order valence-electron chi connectivity index (χ1n) is 5.22. The van der Waals surface area contributed by atoms with Gasteiger partial charge >= 0.3 is 0 Å². The van der Waals surface area contributed by atoms with Crippen LogP contribution in [-0.2, 0) is 4.79 Å². The lowest BCUT2D eigenvalue weighted by Crippen LogP contribution is -2.20. The average Bonchev–Trinajstić information content (AvgIpc) is 2.27. The maximum Gasteiger partial charge on any atom is 0.216 e. The molecule has 0 aliphatic carbocycles. The monoisotopic (exact) mass is 251 g/mol. The molecule has 94 valence electrons. The number of carbonyl (C=O) groups is 2. The topological polar surface area (TPSA) is 46.2 Å². The van der Waals surface area contributed by atoms with Crippen LogP contribution in [0.1, 0.15) is 29.3 Å². The van der Waals surface area contributed by atoms with Crippen molar-refractivity contribution >= 4 is 12.2 Å². The van der Waals surface area contributed by atoms with Gasteiger partial charge in [0, 0.05) is 25.5 Å². The lowest BCUT2D eigenvalue weighted by atomic mass is 10.1. The van der Waals surface area contributed by atoms with E-state index in [2.05, 4.69) is 17.2 Å². The highest BCUT2D eigenvalue weighted by Gasteiger charge is 2.08. The fourth-order valence-electron chi connectivity index (χ4n) is 1.23. The molecule has 0 radical (unpaired) electrons. The lowest BCUT2D eigenvalue weighted by Gasteiger charge is -1.98. The molecule has 5 heteroatoms. The standard InChI is InChI=1S/C13H11F2NO2/c1-9(18)16-5-3-2-4-10-6-12(14)11(8-17)13(15)7-10/h6-8H,3,5H2,1H3,(H,16,18). The van der Waals surface area contributed by atoms with Crippen LogP contribution in [0.3, 0.4) is 0 Å². The van der Waals surface area contributed by atoms with E-state index in [-0.39, 0.29) is 17.8 Å². The number of amides is 1. The Morgan fingerprint density at radius 3 is 2.50 bits per heavy atom. The van der Waals surface area contributed by atoms with Crippen molar-refractivity contribution in [3.63, 3.8) is 0 Å². The summed E-state index contributed by atoms with van der Waals surface area (Å²) in [4.78, 5) is 20.9. The van der Waals surface area contributed by atoms with E-state index in [4.69, 9.17) is 0 Å². The summed E-state index contributed by atoms with van der Waals surface area (Å²) in [7, 11) is 0. The Bertz CT molecular complexity index is 507. The summed E-state index contributed by atoms with van der Waals surface area (Å²) in [6, 6.07) is 2.00. The Morgan fingerprint density at radius 1 is 1.39 bits per heavy atom. The Labute approximate surface area is 103 Å². The molecular weight excluding hydrogens is 240 g/mol. The highest BCUT2D eigenvalue weighted by Crippen LogP contribution is 2.12. The fourth-order valence-corrected chi connectivity index (χ4v) is 1.23. The van der Waals surface area contributed by atoms with E-state index in [0.29, 0.717) is 13.0 Å². The molecule has 0 saturated heterocycles. The summed E-state index contributed by atoms with van der Waals surface area (Å²) in [6.07, 6.45) is 0.497. The smallest absolute Gasteiger partial charge is 0.216 e. The first-order valence-corrected chi connectivity index (χ1v) is 5.22. The molecule has 0 spiro atoms. The number of rotatable bonds is 3. The quantitative estimate of drug-likeness (QED) is 0.504. The van der Waals surface area contributed by atoms with Crippen LogP contribution in [0.25, 0.3) is 0 Å². The predicted molar refractivity (Wildman–Crippen MR) is 61.9 cm³/mol. The normalized spacial score (nSPS) is 9.28. The summed E-state index contributed by atoms with van der Waals surface area (Å²) in [5.74, 6) is 3.19. The van der Waals surface area contributed by atoms with E-state index in [1.807, 2.05) is 0 Å². The molecule has 18 heavy (non-hydrogen) atoms. The van der Waals surface area contributed by atoms with Gasteiger partial charge in [-0.05, 0) is 12.1 Å². The summed E-state index contributed by atoms with van der Waals surface area (Å²) < 4.78 is 26.4. The second kappa shape index (κ2) is 6.50. The van der Waals surface area contributed by atoms with Gasteiger partial charge in [-0.2, -0.15) is 0 Å². The molecule has 0 saturated carbocycles. The number of benzene rings is 1. The van der Waals surface area contributed by atoms with Crippen LogP contribution in [0.4, 0.5) is 8.78 Å². The maximum atomic E-state index is 13.2. The van der Waals surface area contributed by atoms with Gasteiger partial charge in [0.2, 0.25) is 5.91 Å². The number of hydrogen-bond acceptors (Lipinski definition) is 2. The van der Waals surface area contributed by atoms with Crippen LogP contribution in [0.15, 0.2) is 12.1 Å². The van der Waals surface area contributed by atoms with Crippen molar-refractivity contribution in [1.82, 2.24) is 5.32 Å². The third-order valence-electron chi connectivity index (χ3n) is 2.05. The molecule has 1 rings (SSSR count). The highest BCUT2D eigenvalue weighted by molar-refractivity contribution is 5.76. The summed E-state index contributed by atoms with van der Waals surface area (Å²) in [5.41, 5.74) is -0.447. The Balaban J connectivity index is 2.71. The molecule has 0 aliphatic heterocycles. The van der Waals surface area contributed by atoms with E-state index < -0.39 is 17.2 Å². The molecule has 1 amide bonds. The molecular formula is C13H11F2NO2. The number of carbonyl (C=O) groups excluding carboxylic acids is 2. The zero-order chi connectivity index (χ0) is 13.5. The molecule has 0 aliphatic rings. The molecule has 1 aromatic carbocycles. The Kier molecular flexibility index (Phi) is 5.00. The van der Waals surface area contributed by atoms with Gasteiger partial charge in [0.05, 0.1) is 5.56 Å². The molecule has 0 heterocycles. The minimum atomic E-state index is -0.934. The molecule has 0 aromatic heterocycles. The van der Waals surface area contributed by atoms with E-state index in [9.17, 15) is 18.4 Å². The van der Waals surface area contributed by atoms with Crippen LogP contribution >= 0.6 is 0 Å². The van der Waals surface area contributed by atoms with Crippen LogP contribution in [0.5, 0.6) is 0 Å². The van der Waals surface area contributed by atoms with Crippen molar-refractivity contribution in [2.45, 2.75) is 13.3 Å². The van der Waals surface area contributed by atoms with Crippen LogP contribution < -0.4 is 5.32 Å². The van der Waals surface area contributed by atoms with Crippen molar-refractivity contribution in [2.75, 3.05) is 6.54 Å². The van der Waals surface area contributed by atoms with Gasteiger partial charge in [-0.15, -0.1) is 0 Å². The minimum Gasteiger partial charge on any atom is -0.355 e. The fraction of sp³-hybridized carbons (Fsp3) is 0.231. The molecule has 0 atom stereocenters. The number of aldehydes is 1. The Morgan fingerprint density at radius 2 is 2.00 bits per heavy atom. The summed E-state index contributed by atoms with van der Waals surface area (Å²) in [6.45, 7) is 1.76. The van der Waals surface area contributed by atoms with Gasteiger partial charge < -0.3 is 5.32 Å². The number of nitrogens with one attached hydrogen (secondary N) is 1. The second-order valence-corrected chi connectivity index (χ2v) is 3.51. The first kappa shape index (κ1) is 13.8. The lowest BCUT2D eigenvalue weighted by molar-refractivity contribution is -0.118. The van der Waals surface area contributed by atoms with E-state index >= 15 is 0 Å². The molecule has 3 nitrogen and oxygen atoms in total. The summed E-state index contributed by atoms with van der Waals surface area (Å²) in [5, 5.41) is 2.54. The molecule has 0 unspecified atom stereocenters. The SMILES string of the molecule is CC(=O)NCCC#Cc1cc(F)c(C=O)c(F)c1. The molecule has 1 N–H and O–H groups in total. The van der Waals surface area contributed by atoms with Crippen LogP contribution in [0, 0.1) is 23.5 Å². The number of hydrogen-bond donors (Lipinski definition) is 1. The van der Waals surface area contributed by atoms with Crippen LogP contribution in [0.2, 0.25) is 0 Å². The van der Waals surface area contributed by atoms with Crippen molar-refractivity contribution in [1.29, 1.82) is 0 Å². The van der Waals surface area contributed by atoms with Crippen molar-refractivity contribution in [3.8, 4) is 11.8 Å². The average molecular weight is 251 g/mol. The maximum absolute atomic E-state index is 13.2. The highest BCUT2D eigenvalue weighted by atomic mass is 19.1. The Hall–Kier alpha value is -2.22. The van der Waals surface area contributed by atoms with Crippen LogP contribution in [-0.4, -0.2) is 18.7 Å². The largest absolute Gasteiger partial charge is 0.355 e. The van der Waals surface area contributed by atoms with Gasteiger partial charge in [-0.1, -0.05) is 11.8 Å². The third kappa shape index (κ3) is 3.98. The van der Waals surface area contributed by atoms with Crippen molar-refractivity contribution < 1.29 is 18.4 Å². The zero-order valence-electron chi connectivity index (χ0n) is 9.72. The predicted octanol–water partition coefficient (Wildman–Crippen LogP) is 1.66. The van der Waals surface area contributed by atoms with Gasteiger partial charge in [0.1, 0.15) is 11.6 Å². The number of halogens is 2. The zero-order valence-corrected chi connectivity index (χ0v) is 9.72. The van der Waals surface area contributed by atoms with Gasteiger partial charge in [-0.25, -0.2) is 8.78 Å². The van der Waals surface area contributed by atoms with Gasteiger partial charge in [-0.3, -0.25) is 9.59 Å². The van der Waals surface area contributed by atoms with E-state index in [0.717, 1.165) is 12.1 Å². The first-order chi connectivity index (χ1) is 8.54. The van der Waals surface area contributed by atoms with E-state index in [1.54, 1.807) is 0 Å². The molecule has 0 fully saturated rings. The third-order valence-corrected chi connectivity index (χ3v) is 2.05. The van der Waals surface area contributed by atoms with Gasteiger partial charge in [0.25, 0.3) is 0 Å². The van der Waals surface area contributed by atoms with Gasteiger partial charge in [0.15, 0.2) is 6.29 Å². The van der Waals surface area contributed by atoms with Crippen molar-refractivity contribution in [3.05, 3.63) is 34.9 Å². The summed E-state index contributed by atoms with van der Waals surface area (Å²) >= 11 is 0. The molecule has 0 bridgehead atoms. The molecule has 1 aromatic rings. The van der Waals surface area contributed by atoms with Crippen molar-refractivity contribution in [2.24, 2.45) is 0 Å².